The van der Waals surface area contributed by atoms with Crippen LogP contribution in [0.5, 0.6) is 0 Å². The van der Waals surface area contributed by atoms with Crippen LogP contribution >= 0.6 is 0 Å². The van der Waals surface area contributed by atoms with Gasteiger partial charge in [0.05, 0.1) is 0 Å². The molecule has 1 aromatic rings. The van der Waals surface area contributed by atoms with Crippen LogP contribution in [-0.4, -0.2) is 35.6 Å². The van der Waals surface area contributed by atoms with E-state index >= 15 is 0 Å². The van der Waals surface area contributed by atoms with Gasteiger partial charge in [0.15, 0.2) is 6.04 Å². The minimum absolute atomic E-state index is 0.374. The lowest BCUT2D eigenvalue weighted by molar-refractivity contribution is -0.139. The Balaban J connectivity index is 2.72. The van der Waals surface area contributed by atoms with Gasteiger partial charge in [-0.3, -0.25) is 0 Å². The highest BCUT2D eigenvalue weighted by Gasteiger charge is 2.23. The third kappa shape index (κ3) is 4.57. The van der Waals surface area contributed by atoms with Crippen LogP contribution in [0.1, 0.15) is 31.9 Å². The first-order valence-corrected chi connectivity index (χ1v) is 6.75. The molecule has 0 fully saturated rings. The number of nitrogens with one attached hydrogen (secondary N) is 1. The summed E-state index contributed by atoms with van der Waals surface area (Å²) in [5.74, 6) is -0.688. The summed E-state index contributed by atoms with van der Waals surface area (Å²) in [7, 11) is 1.67. The summed E-state index contributed by atoms with van der Waals surface area (Å²) in [6, 6.07) is 7.28. The van der Waals surface area contributed by atoms with Gasteiger partial charge in [0.25, 0.3) is 0 Å². The molecule has 0 aliphatic carbocycles. The number of carboxylic acid groups (broad SMARTS) is 1. The number of carbonyl (C=O) groups excluding carboxylic acids is 1. The third-order valence-corrected chi connectivity index (χ3v) is 3.28. The summed E-state index contributed by atoms with van der Waals surface area (Å²) in [6.45, 7) is 4.71. The van der Waals surface area contributed by atoms with Crippen molar-refractivity contribution in [2.75, 3.05) is 13.6 Å². The van der Waals surface area contributed by atoms with Crippen molar-refractivity contribution in [3.63, 3.8) is 0 Å². The zero-order valence-corrected chi connectivity index (χ0v) is 12.2. The van der Waals surface area contributed by atoms with Gasteiger partial charge in [-0.05, 0) is 11.5 Å². The molecule has 0 radical (unpaired) electrons. The number of nitrogens with zero attached hydrogens (tertiary/aromatic N) is 1. The molecule has 0 saturated heterocycles. The van der Waals surface area contributed by atoms with Crippen molar-refractivity contribution in [3.05, 3.63) is 35.9 Å². The quantitative estimate of drug-likeness (QED) is 0.840. The smallest absolute Gasteiger partial charge is 0.330 e. The molecular formula is C15H22N2O3. The lowest BCUT2D eigenvalue weighted by Crippen LogP contribution is -2.43. The number of urea groups is 1. The maximum Gasteiger partial charge on any atom is 0.330 e. The van der Waals surface area contributed by atoms with Gasteiger partial charge in [0.2, 0.25) is 0 Å². The Bertz CT molecular complexity index is 448. The molecule has 1 rings (SSSR count). The number of hydrogen-bond acceptors (Lipinski definition) is 2. The molecule has 0 heterocycles. The first-order chi connectivity index (χ1) is 9.45. The summed E-state index contributed by atoms with van der Waals surface area (Å²) in [5.41, 5.74) is 0.560. The maximum absolute atomic E-state index is 12.0. The molecule has 0 spiro atoms. The van der Waals surface area contributed by atoms with Gasteiger partial charge in [-0.1, -0.05) is 50.6 Å². The van der Waals surface area contributed by atoms with Gasteiger partial charge in [-0.15, -0.1) is 0 Å². The van der Waals surface area contributed by atoms with Gasteiger partial charge >= 0.3 is 12.0 Å². The molecule has 20 heavy (non-hydrogen) atoms. The van der Waals surface area contributed by atoms with Gasteiger partial charge < -0.3 is 15.3 Å². The number of benzene rings is 1. The number of carbonyl (C=O) groups is 2. The topological polar surface area (TPSA) is 69.6 Å². The van der Waals surface area contributed by atoms with Crippen LogP contribution in [-0.2, 0) is 4.79 Å². The molecule has 0 saturated carbocycles. The van der Waals surface area contributed by atoms with Crippen molar-refractivity contribution < 1.29 is 14.7 Å². The zero-order valence-electron chi connectivity index (χ0n) is 12.2. The lowest BCUT2D eigenvalue weighted by atomic mass is 10.1. The zero-order chi connectivity index (χ0) is 15.1. The molecule has 0 aliphatic heterocycles. The second kappa shape index (κ2) is 7.53. The Morgan fingerprint density at radius 3 is 2.40 bits per heavy atom. The summed E-state index contributed by atoms with van der Waals surface area (Å²) < 4.78 is 0. The third-order valence-electron chi connectivity index (χ3n) is 3.28. The molecule has 5 heteroatoms. The van der Waals surface area contributed by atoms with Crippen LogP contribution in [0.2, 0.25) is 0 Å². The number of aliphatic carboxylic acids is 1. The van der Waals surface area contributed by atoms with Crippen molar-refractivity contribution in [3.8, 4) is 0 Å². The second-order valence-electron chi connectivity index (χ2n) is 5.03. The molecule has 1 aromatic carbocycles. The number of carboxylic acids is 1. The minimum Gasteiger partial charge on any atom is -0.479 e. The predicted molar refractivity (Wildman–Crippen MR) is 77.4 cm³/mol. The van der Waals surface area contributed by atoms with E-state index in [2.05, 4.69) is 19.2 Å². The molecule has 2 amide bonds. The minimum atomic E-state index is -1.07. The van der Waals surface area contributed by atoms with E-state index < -0.39 is 12.0 Å². The maximum atomic E-state index is 12.0. The average Bonchev–Trinajstić information content (AvgIpc) is 2.44. The standard InChI is InChI=1S/C15H22N2O3/c1-4-11(2)10-17(3)15(20)16-13(14(18)19)12-8-6-5-7-9-12/h5-9,11,13H,4,10H2,1-3H3,(H,16,20)(H,18,19). The molecule has 110 valence electrons. The molecule has 2 N–H and O–H groups in total. The van der Waals surface area contributed by atoms with E-state index in [9.17, 15) is 14.7 Å². The summed E-state index contributed by atoms with van der Waals surface area (Å²) in [5, 5.41) is 11.8. The van der Waals surface area contributed by atoms with Crippen molar-refractivity contribution >= 4 is 12.0 Å². The summed E-state index contributed by atoms with van der Waals surface area (Å²) in [6.07, 6.45) is 0.971. The van der Waals surface area contributed by atoms with Crippen molar-refractivity contribution in [2.24, 2.45) is 5.92 Å². The second-order valence-corrected chi connectivity index (χ2v) is 5.03. The van der Waals surface area contributed by atoms with E-state index in [-0.39, 0.29) is 6.03 Å². The Labute approximate surface area is 119 Å². The van der Waals surface area contributed by atoms with Crippen molar-refractivity contribution in [1.82, 2.24) is 10.2 Å². The average molecular weight is 278 g/mol. The van der Waals surface area contributed by atoms with Crippen LogP contribution in [0.15, 0.2) is 30.3 Å². The van der Waals surface area contributed by atoms with E-state index in [1.807, 2.05) is 0 Å². The molecule has 0 bridgehead atoms. The highest BCUT2D eigenvalue weighted by atomic mass is 16.4. The Morgan fingerprint density at radius 2 is 1.90 bits per heavy atom. The Morgan fingerprint density at radius 1 is 1.30 bits per heavy atom. The van der Waals surface area contributed by atoms with Gasteiger partial charge in [-0.25, -0.2) is 9.59 Å². The summed E-state index contributed by atoms with van der Waals surface area (Å²) >= 11 is 0. The number of rotatable bonds is 6. The lowest BCUT2D eigenvalue weighted by Gasteiger charge is -2.23. The van der Waals surface area contributed by atoms with Crippen LogP contribution in [0.25, 0.3) is 0 Å². The van der Waals surface area contributed by atoms with Gasteiger partial charge in [-0.2, -0.15) is 0 Å². The highest BCUT2D eigenvalue weighted by Crippen LogP contribution is 2.13. The normalized spacial score (nSPS) is 13.3. The largest absolute Gasteiger partial charge is 0.479 e. The van der Waals surface area contributed by atoms with E-state index in [0.29, 0.717) is 18.0 Å². The predicted octanol–water partition coefficient (Wildman–Crippen LogP) is 2.50. The van der Waals surface area contributed by atoms with E-state index in [0.717, 1.165) is 6.42 Å². The van der Waals surface area contributed by atoms with Crippen LogP contribution in [0, 0.1) is 5.92 Å². The number of amides is 2. The fraction of sp³-hybridized carbons (Fsp3) is 0.467. The van der Waals surface area contributed by atoms with Gasteiger partial charge in [0, 0.05) is 13.6 Å². The van der Waals surface area contributed by atoms with E-state index in [1.165, 1.54) is 4.90 Å². The SMILES string of the molecule is CCC(C)CN(C)C(=O)NC(C(=O)O)c1ccccc1. The van der Waals surface area contributed by atoms with Crippen molar-refractivity contribution in [2.45, 2.75) is 26.3 Å². The first-order valence-electron chi connectivity index (χ1n) is 6.75. The molecule has 2 unspecified atom stereocenters. The van der Waals surface area contributed by atoms with E-state index in [1.54, 1.807) is 37.4 Å². The van der Waals surface area contributed by atoms with E-state index in [4.69, 9.17) is 0 Å². The summed E-state index contributed by atoms with van der Waals surface area (Å²) in [4.78, 5) is 24.9. The van der Waals surface area contributed by atoms with Crippen LogP contribution < -0.4 is 5.32 Å². The van der Waals surface area contributed by atoms with Crippen LogP contribution in [0.3, 0.4) is 0 Å². The first kappa shape index (κ1) is 16.0. The van der Waals surface area contributed by atoms with Crippen molar-refractivity contribution in [1.29, 1.82) is 0 Å². The van der Waals surface area contributed by atoms with Crippen LogP contribution in [0.4, 0.5) is 4.79 Å². The highest BCUT2D eigenvalue weighted by molar-refractivity contribution is 5.83. The molecule has 0 aromatic heterocycles. The molecular weight excluding hydrogens is 256 g/mol. The molecule has 5 nitrogen and oxygen atoms in total. The number of hydrogen-bond donors (Lipinski definition) is 2. The van der Waals surface area contributed by atoms with Gasteiger partial charge in [0.1, 0.15) is 0 Å². The molecule has 0 aliphatic rings. The Hall–Kier alpha value is -2.04. The Kier molecular flexibility index (Phi) is 6.03. The molecule has 2 atom stereocenters. The fourth-order valence-electron chi connectivity index (χ4n) is 1.85. The monoisotopic (exact) mass is 278 g/mol. The fourth-order valence-corrected chi connectivity index (χ4v) is 1.85.